The highest BCUT2D eigenvalue weighted by atomic mass is 19.1. The molecule has 1 atom stereocenters. The second kappa shape index (κ2) is 5.31. The monoisotopic (exact) mass is 171 g/mol. The van der Waals surface area contributed by atoms with Gasteiger partial charge >= 0.3 is 0 Å². The van der Waals surface area contributed by atoms with Gasteiger partial charge in [0.1, 0.15) is 6.17 Å². The first kappa shape index (κ1) is 9.72. The van der Waals surface area contributed by atoms with E-state index >= 15 is 0 Å². The van der Waals surface area contributed by atoms with Crippen molar-refractivity contribution < 1.29 is 4.39 Å². The molecule has 0 radical (unpaired) electrons. The molecule has 2 N–H and O–H groups in total. The van der Waals surface area contributed by atoms with Crippen LogP contribution in [-0.4, -0.2) is 12.7 Å². The van der Waals surface area contributed by atoms with Crippen LogP contribution in [0.15, 0.2) is 11.6 Å². The fourth-order valence-corrected chi connectivity index (χ4v) is 1.65. The minimum Gasteiger partial charge on any atom is -0.327 e. The predicted molar refractivity (Wildman–Crippen MR) is 49.7 cm³/mol. The summed E-state index contributed by atoms with van der Waals surface area (Å²) in [6.07, 6.45) is 8.00. The van der Waals surface area contributed by atoms with E-state index in [-0.39, 0.29) is 6.54 Å². The number of alkyl halides is 1. The number of nitrogens with two attached hydrogens (primary N) is 1. The van der Waals surface area contributed by atoms with E-state index in [1.54, 1.807) is 0 Å². The molecule has 12 heavy (non-hydrogen) atoms. The molecule has 2 heteroatoms. The molecule has 70 valence electrons. The van der Waals surface area contributed by atoms with Gasteiger partial charge in [-0.3, -0.25) is 0 Å². The lowest BCUT2D eigenvalue weighted by Gasteiger charge is -2.13. The smallest absolute Gasteiger partial charge is 0.133 e. The predicted octanol–water partition coefficient (Wildman–Crippen LogP) is 2.56. The summed E-state index contributed by atoms with van der Waals surface area (Å²) in [4.78, 5) is 0. The normalized spacial score (nSPS) is 22.3. The van der Waals surface area contributed by atoms with Crippen molar-refractivity contribution in [2.75, 3.05) is 6.54 Å². The summed E-state index contributed by atoms with van der Waals surface area (Å²) in [6, 6.07) is 0. The van der Waals surface area contributed by atoms with Crippen molar-refractivity contribution >= 4 is 0 Å². The molecule has 0 aromatic carbocycles. The van der Waals surface area contributed by atoms with Crippen LogP contribution in [0, 0.1) is 0 Å². The van der Waals surface area contributed by atoms with Gasteiger partial charge in [0.05, 0.1) is 0 Å². The Hall–Kier alpha value is -0.370. The van der Waals surface area contributed by atoms with Crippen molar-refractivity contribution in [3.8, 4) is 0 Å². The van der Waals surface area contributed by atoms with E-state index in [0.29, 0.717) is 0 Å². The lowest BCUT2D eigenvalue weighted by atomic mass is 9.97. The van der Waals surface area contributed by atoms with Gasteiger partial charge in [0.25, 0.3) is 0 Å². The Morgan fingerprint density at radius 3 is 2.83 bits per heavy atom. The summed E-state index contributed by atoms with van der Waals surface area (Å²) >= 11 is 0. The van der Waals surface area contributed by atoms with Crippen molar-refractivity contribution in [2.45, 2.75) is 44.7 Å². The van der Waals surface area contributed by atoms with Gasteiger partial charge in [0.15, 0.2) is 0 Å². The number of hydrogen-bond acceptors (Lipinski definition) is 1. The van der Waals surface area contributed by atoms with Gasteiger partial charge in [-0.2, -0.15) is 0 Å². The lowest BCUT2D eigenvalue weighted by molar-refractivity contribution is 0.375. The van der Waals surface area contributed by atoms with E-state index in [4.69, 9.17) is 5.73 Å². The maximum atomic E-state index is 13.1. The summed E-state index contributed by atoms with van der Waals surface area (Å²) < 4.78 is 13.1. The molecule has 0 fully saturated rings. The highest BCUT2D eigenvalue weighted by molar-refractivity contribution is 5.09. The molecule has 0 amide bonds. The second-order valence-corrected chi connectivity index (χ2v) is 3.44. The van der Waals surface area contributed by atoms with Crippen LogP contribution in [0.5, 0.6) is 0 Å². The van der Waals surface area contributed by atoms with E-state index in [0.717, 1.165) is 24.8 Å². The Bertz CT molecular complexity index is 154. The molecular weight excluding hydrogens is 153 g/mol. The Labute approximate surface area is 73.8 Å². The first-order valence-electron chi connectivity index (χ1n) is 4.87. The largest absolute Gasteiger partial charge is 0.327 e. The van der Waals surface area contributed by atoms with Crippen molar-refractivity contribution in [1.29, 1.82) is 0 Å². The first-order chi connectivity index (χ1) is 5.84. The van der Waals surface area contributed by atoms with Gasteiger partial charge in [0.2, 0.25) is 0 Å². The number of allylic oxidation sites excluding steroid dienone is 1. The van der Waals surface area contributed by atoms with Crippen molar-refractivity contribution in [2.24, 2.45) is 5.73 Å². The fraction of sp³-hybridized carbons (Fsp3) is 0.800. The molecule has 1 nitrogen and oxygen atoms in total. The molecule has 1 unspecified atom stereocenters. The SMILES string of the molecule is NCC(F)C1=CCCCCCC1. The van der Waals surface area contributed by atoms with Crippen LogP contribution in [0.1, 0.15) is 38.5 Å². The van der Waals surface area contributed by atoms with E-state index < -0.39 is 6.17 Å². The molecule has 1 aliphatic carbocycles. The Balaban J connectivity index is 2.46. The number of halogens is 1. The average Bonchev–Trinajstić information content (AvgIpc) is 2.02. The molecule has 1 aliphatic rings. The van der Waals surface area contributed by atoms with E-state index in [2.05, 4.69) is 6.08 Å². The summed E-state index contributed by atoms with van der Waals surface area (Å²) in [7, 11) is 0. The minimum absolute atomic E-state index is 0.145. The van der Waals surface area contributed by atoms with Gasteiger partial charge in [-0.05, 0) is 31.3 Å². The van der Waals surface area contributed by atoms with Gasteiger partial charge < -0.3 is 5.73 Å². The van der Waals surface area contributed by atoms with Gasteiger partial charge in [0, 0.05) is 6.54 Å². The fourth-order valence-electron chi connectivity index (χ4n) is 1.65. The van der Waals surface area contributed by atoms with Crippen LogP contribution in [-0.2, 0) is 0 Å². The zero-order chi connectivity index (χ0) is 8.81. The molecular formula is C10H18FN. The summed E-state index contributed by atoms with van der Waals surface area (Å²) in [5, 5.41) is 0. The van der Waals surface area contributed by atoms with E-state index in [1.165, 1.54) is 19.3 Å². The zero-order valence-corrected chi connectivity index (χ0v) is 7.56. The van der Waals surface area contributed by atoms with Crippen LogP contribution in [0.2, 0.25) is 0 Å². The van der Waals surface area contributed by atoms with Crippen molar-refractivity contribution in [3.05, 3.63) is 11.6 Å². The van der Waals surface area contributed by atoms with Crippen LogP contribution in [0.4, 0.5) is 4.39 Å². The molecule has 0 aromatic rings. The van der Waals surface area contributed by atoms with E-state index in [9.17, 15) is 4.39 Å². The Morgan fingerprint density at radius 2 is 2.08 bits per heavy atom. The molecule has 0 aromatic heterocycles. The maximum absolute atomic E-state index is 13.1. The minimum atomic E-state index is -0.886. The molecule has 0 spiro atoms. The van der Waals surface area contributed by atoms with Crippen molar-refractivity contribution in [3.63, 3.8) is 0 Å². The van der Waals surface area contributed by atoms with Gasteiger partial charge in [-0.15, -0.1) is 0 Å². The standard InChI is InChI=1S/C10H18FN/c11-10(8-12)9-6-4-2-1-3-5-7-9/h6,10H,1-5,7-8,12H2. The maximum Gasteiger partial charge on any atom is 0.133 e. The average molecular weight is 171 g/mol. The zero-order valence-electron chi connectivity index (χ0n) is 7.56. The first-order valence-corrected chi connectivity index (χ1v) is 4.87. The number of hydrogen-bond donors (Lipinski definition) is 1. The molecule has 0 saturated carbocycles. The second-order valence-electron chi connectivity index (χ2n) is 3.44. The summed E-state index contributed by atoms with van der Waals surface area (Å²) in [6.45, 7) is 0.145. The molecule has 0 saturated heterocycles. The lowest BCUT2D eigenvalue weighted by Crippen LogP contribution is -2.18. The van der Waals surface area contributed by atoms with Crippen LogP contribution in [0.3, 0.4) is 0 Å². The molecule has 0 bridgehead atoms. The van der Waals surface area contributed by atoms with Crippen LogP contribution in [0.25, 0.3) is 0 Å². The third kappa shape index (κ3) is 2.94. The highest BCUT2D eigenvalue weighted by Crippen LogP contribution is 2.20. The van der Waals surface area contributed by atoms with Gasteiger partial charge in [-0.25, -0.2) is 4.39 Å². The third-order valence-electron chi connectivity index (χ3n) is 2.44. The molecule has 1 rings (SSSR count). The molecule has 0 heterocycles. The topological polar surface area (TPSA) is 26.0 Å². The van der Waals surface area contributed by atoms with Crippen LogP contribution >= 0.6 is 0 Å². The Morgan fingerprint density at radius 1 is 1.33 bits per heavy atom. The Kier molecular flexibility index (Phi) is 4.30. The summed E-state index contributed by atoms with van der Waals surface area (Å²) in [5.41, 5.74) is 6.22. The third-order valence-corrected chi connectivity index (χ3v) is 2.44. The quantitative estimate of drug-likeness (QED) is 0.635. The van der Waals surface area contributed by atoms with E-state index in [1.807, 2.05) is 0 Å². The van der Waals surface area contributed by atoms with Crippen molar-refractivity contribution in [1.82, 2.24) is 0 Å². The highest BCUT2D eigenvalue weighted by Gasteiger charge is 2.11. The number of rotatable bonds is 2. The van der Waals surface area contributed by atoms with Crippen LogP contribution < -0.4 is 5.73 Å². The van der Waals surface area contributed by atoms with Gasteiger partial charge in [-0.1, -0.05) is 18.9 Å². The molecule has 0 aliphatic heterocycles. The summed E-state index contributed by atoms with van der Waals surface area (Å²) in [5.74, 6) is 0.